The Labute approximate surface area is 56.2 Å². The predicted octanol–water partition coefficient (Wildman–Crippen LogP) is 0.610. The number of hydrogen-bond acceptors (Lipinski definition) is 2. The van der Waals surface area contributed by atoms with E-state index in [1.165, 1.54) is 0 Å². The average molecular weight is 126 g/mol. The van der Waals surface area contributed by atoms with Crippen LogP contribution in [0.15, 0.2) is 24.4 Å². The summed E-state index contributed by atoms with van der Waals surface area (Å²) in [6.07, 6.45) is 0. The van der Waals surface area contributed by atoms with Crippen molar-refractivity contribution in [2.24, 2.45) is 17.4 Å². The van der Waals surface area contributed by atoms with Crippen LogP contribution in [0, 0.1) is 5.92 Å². The lowest BCUT2D eigenvalue weighted by Gasteiger charge is -2.10. The first-order chi connectivity index (χ1) is 4.09. The fourth-order valence-electron chi connectivity index (χ4n) is 0.459. The molecule has 0 saturated carbocycles. The molecule has 0 heterocycles. The maximum atomic E-state index is 5.36. The van der Waals surface area contributed by atoms with Crippen LogP contribution in [0.1, 0.15) is 6.92 Å². The lowest BCUT2D eigenvalue weighted by molar-refractivity contribution is 0.702. The second-order valence-corrected chi connectivity index (χ2v) is 2.19. The molecule has 0 saturated heterocycles. The summed E-state index contributed by atoms with van der Waals surface area (Å²) in [5, 5.41) is 0. The maximum absolute atomic E-state index is 5.36. The lowest BCUT2D eigenvalue weighted by Crippen LogP contribution is -2.15. The molecule has 2 nitrogen and oxygen atoms in total. The first-order valence-corrected chi connectivity index (χ1v) is 2.93. The van der Waals surface area contributed by atoms with Crippen LogP contribution in [-0.2, 0) is 0 Å². The Morgan fingerprint density at radius 1 is 1.56 bits per heavy atom. The van der Waals surface area contributed by atoms with Gasteiger partial charge in [0.1, 0.15) is 0 Å². The summed E-state index contributed by atoms with van der Waals surface area (Å²) in [6, 6.07) is 0. The molecule has 4 N–H and O–H groups in total. The van der Waals surface area contributed by atoms with Gasteiger partial charge < -0.3 is 11.5 Å². The van der Waals surface area contributed by atoms with Crippen molar-refractivity contribution < 1.29 is 0 Å². The van der Waals surface area contributed by atoms with E-state index in [1.54, 1.807) is 0 Å². The number of allylic oxidation sites excluding steroid dienone is 1. The molecule has 0 spiro atoms. The Balaban J connectivity index is 3.88. The fraction of sp³-hybridized carbons (Fsp3) is 0.429. The third kappa shape index (κ3) is 2.33. The Kier molecular flexibility index (Phi) is 3.02. The highest BCUT2D eigenvalue weighted by atomic mass is 14.6. The maximum Gasteiger partial charge on any atom is 0.0270 e. The molecule has 0 radical (unpaired) electrons. The van der Waals surface area contributed by atoms with Crippen LogP contribution in [0.2, 0.25) is 0 Å². The highest BCUT2D eigenvalue weighted by Gasteiger charge is 2.03. The minimum Gasteiger partial charge on any atom is -0.399 e. The van der Waals surface area contributed by atoms with Crippen molar-refractivity contribution in [3.05, 3.63) is 24.4 Å². The Morgan fingerprint density at radius 2 is 2.00 bits per heavy atom. The zero-order valence-electron chi connectivity index (χ0n) is 5.85. The van der Waals surface area contributed by atoms with Gasteiger partial charge in [0.25, 0.3) is 0 Å². The molecule has 0 fully saturated rings. The molecule has 0 amide bonds. The zero-order chi connectivity index (χ0) is 7.44. The monoisotopic (exact) mass is 126 g/mol. The van der Waals surface area contributed by atoms with Crippen LogP contribution in [-0.4, -0.2) is 6.54 Å². The number of nitrogens with two attached hydrogens (primary N) is 2. The lowest BCUT2D eigenvalue weighted by atomic mass is 10.0. The van der Waals surface area contributed by atoms with Gasteiger partial charge in [0, 0.05) is 5.70 Å². The van der Waals surface area contributed by atoms with Crippen LogP contribution in [0.4, 0.5) is 0 Å². The smallest absolute Gasteiger partial charge is 0.0270 e. The molecule has 0 aliphatic rings. The van der Waals surface area contributed by atoms with Crippen LogP contribution in [0.3, 0.4) is 0 Å². The summed E-state index contributed by atoms with van der Waals surface area (Å²) in [4.78, 5) is 0. The van der Waals surface area contributed by atoms with Crippen molar-refractivity contribution >= 4 is 0 Å². The molecule has 1 unspecified atom stereocenters. The van der Waals surface area contributed by atoms with E-state index in [9.17, 15) is 0 Å². The molecular weight excluding hydrogens is 112 g/mol. The van der Waals surface area contributed by atoms with Crippen molar-refractivity contribution in [3.8, 4) is 0 Å². The third-order valence-electron chi connectivity index (χ3n) is 1.36. The summed E-state index contributed by atoms with van der Waals surface area (Å²) in [5.41, 5.74) is 12.1. The van der Waals surface area contributed by atoms with Gasteiger partial charge >= 0.3 is 0 Å². The molecule has 2 heteroatoms. The van der Waals surface area contributed by atoms with E-state index in [-0.39, 0.29) is 5.92 Å². The summed E-state index contributed by atoms with van der Waals surface area (Å²) in [6.45, 7) is 9.82. The van der Waals surface area contributed by atoms with Crippen LogP contribution in [0.25, 0.3) is 0 Å². The van der Waals surface area contributed by atoms with Gasteiger partial charge in [-0.3, -0.25) is 0 Å². The molecule has 0 aromatic heterocycles. The molecule has 0 aliphatic heterocycles. The Morgan fingerprint density at radius 3 is 2.11 bits per heavy atom. The van der Waals surface area contributed by atoms with Gasteiger partial charge in [-0.2, -0.15) is 0 Å². The van der Waals surface area contributed by atoms with E-state index >= 15 is 0 Å². The third-order valence-corrected chi connectivity index (χ3v) is 1.36. The van der Waals surface area contributed by atoms with E-state index in [0.717, 1.165) is 5.57 Å². The normalized spacial score (nSPS) is 12.7. The van der Waals surface area contributed by atoms with E-state index in [2.05, 4.69) is 13.2 Å². The molecule has 9 heavy (non-hydrogen) atoms. The van der Waals surface area contributed by atoms with E-state index < -0.39 is 0 Å². The minimum absolute atomic E-state index is 0.252. The van der Waals surface area contributed by atoms with Crippen molar-refractivity contribution in [1.29, 1.82) is 0 Å². The zero-order valence-corrected chi connectivity index (χ0v) is 5.85. The second kappa shape index (κ2) is 3.30. The van der Waals surface area contributed by atoms with Gasteiger partial charge in [-0.15, -0.1) is 0 Å². The first-order valence-electron chi connectivity index (χ1n) is 2.93. The largest absolute Gasteiger partial charge is 0.399 e. The Bertz CT molecular complexity index is 127. The van der Waals surface area contributed by atoms with Gasteiger partial charge in [-0.05, 0) is 18.0 Å². The average Bonchev–Trinajstić information content (AvgIpc) is 1.84. The molecule has 1 atom stereocenters. The number of rotatable bonds is 3. The first kappa shape index (κ1) is 8.24. The van der Waals surface area contributed by atoms with Crippen molar-refractivity contribution in [1.82, 2.24) is 0 Å². The van der Waals surface area contributed by atoms with E-state index in [1.807, 2.05) is 6.92 Å². The summed E-state index contributed by atoms with van der Waals surface area (Å²) < 4.78 is 0. The van der Waals surface area contributed by atoms with Gasteiger partial charge in [-0.1, -0.05) is 20.1 Å². The molecule has 0 aromatic carbocycles. The molecular formula is C7H14N2. The molecule has 0 rings (SSSR count). The summed E-state index contributed by atoms with van der Waals surface area (Å²) >= 11 is 0. The quantitative estimate of drug-likeness (QED) is 0.544. The molecule has 0 aliphatic carbocycles. The Hall–Kier alpha value is -0.760. The topological polar surface area (TPSA) is 52.0 Å². The fourth-order valence-corrected chi connectivity index (χ4v) is 0.459. The summed E-state index contributed by atoms with van der Waals surface area (Å²) in [5.74, 6) is 0.252. The van der Waals surface area contributed by atoms with Gasteiger partial charge in [0.15, 0.2) is 0 Å². The van der Waals surface area contributed by atoms with Crippen LogP contribution < -0.4 is 11.5 Å². The van der Waals surface area contributed by atoms with Crippen LogP contribution >= 0.6 is 0 Å². The second-order valence-electron chi connectivity index (χ2n) is 2.19. The van der Waals surface area contributed by atoms with E-state index in [0.29, 0.717) is 12.2 Å². The molecule has 52 valence electrons. The summed E-state index contributed by atoms with van der Waals surface area (Å²) in [7, 11) is 0. The van der Waals surface area contributed by atoms with Gasteiger partial charge in [0.2, 0.25) is 0 Å². The molecule has 0 bridgehead atoms. The van der Waals surface area contributed by atoms with E-state index in [4.69, 9.17) is 11.5 Å². The minimum atomic E-state index is 0.252. The van der Waals surface area contributed by atoms with Crippen molar-refractivity contribution in [2.75, 3.05) is 6.54 Å². The predicted molar refractivity (Wildman–Crippen MR) is 40.7 cm³/mol. The highest BCUT2D eigenvalue weighted by molar-refractivity contribution is 5.23. The van der Waals surface area contributed by atoms with Crippen molar-refractivity contribution in [2.45, 2.75) is 6.92 Å². The standard InChI is InChI=1S/C7H14N2/c1-5(4-8)6(2)7(3)9/h5H,2-4,8-9H2,1H3. The van der Waals surface area contributed by atoms with Gasteiger partial charge in [-0.25, -0.2) is 0 Å². The van der Waals surface area contributed by atoms with Crippen molar-refractivity contribution in [3.63, 3.8) is 0 Å². The molecule has 0 aromatic rings. The highest BCUT2D eigenvalue weighted by Crippen LogP contribution is 2.09. The number of hydrogen-bond donors (Lipinski definition) is 2. The van der Waals surface area contributed by atoms with Crippen LogP contribution in [0.5, 0.6) is 0 Å². The SMILES string of the molecule is C=C(N)C(=C)C(C)CN. The van der Waals surface area contributed by atoms with Gasteiger partial charge in [0.05, 0.1) is 0 Å².